The highest BCUT2D eigenvalue weighted by Crippen LogP contribution is 2.61. The van der Waals surface area contributed by atoms with E-state index >= 15 is 4.79 Å². The average Bonchev–Trinajstić information content (AvgIpc) is 3.68. The van der Waals surface area contributed by atoms with E-state index < -0.39 is 19.8 Å². The predicted molar refractivity (Wildman–Crippen MR) is 228 cm³/mol. The van der Waals surface area contributed by atoms with Crippen molar-refractivity contribution in [2.75, 3.05) is 23.5 Å². The Balaban J connectivity index is 1.19. The summed E-state index contributed by atoms with van der Waals surface area (Å²) in [6.45, 7) is 6.97. The van der Waals surface area contributed by atoms with Crippen molar-refractivity contribution in [3.05, 3.63) is 144 Å². The first kappa shape index (κ1) is 38.0. The normalized spacial score (nSPS) is 23.8. The van der Waals surface area contributed by atoms with E-state index in [0.29, 0.717) is 48.4 Å². The van der Waals surface area contributed by atoms with E-state index in [4.69, 9.17) is 9.47 Å². The number of aliphatic hydroxyl groups is 1. The molecule has 58 heavy (non-hydrogen) atoms. The first-order chi connectivity index (χ1) is 28.1. The van der Waals surface area contributed by atoms with Crippen molar-refractivity contribution in [1.82, 2.24) is 4.90 Å². The molecule has 296 valence electrons. The van der Waals surface area contributed by atoms with Gasteiger partial charge in [-0.2, -0.15) is 0 Å². The molecule has 1 saturated heterocycles. The Morgan fingerprint density at radius 3 is 2.22 bits per heavy atom. The van der Waals surface area contributed by atoms with Crippen molar-refractivity contribution in [3.63, 3.8) is 0 Å². The van der Waals surface area contributed by atoms with Crippen LogP contribution in [0.25, 0.3) is 0 Å². The second kappa shape index (κ2) is 14.7. The molecular weight excluding hydrogens is 743 g/mol. The van der Waals surface area contributed by atoms with E-state index in [0.717, 1.165) is 28.1 Å². The van der Waals surface area contributed by atoms with E-state index in [9.17, 15) is 14.7 Å². The van der Waals surface area contributed by atoms with Gasteiger partial charge in [0.25, 0.3) is 5.91 Å². The Bertz CT molecular complexity index is 2400. The number of aliphatic hydroxyl groups excluding tert-OH is 1. The molecule has 0 saturated carbocycles. The largest absolute Gasteiger partial charge is 0.497 e. The zero-order valence-electron chi connectivity index (χ0n) is 33.4. The molecule has 0 aromatic heterocycles. The Labute approximate surface area is 340 Å². The third kappa shape index (κ3) is 5.99. The third-order valence-electron chi connectivity index (χ3n) is 13.4. The molecule has 0 unspecified atom stereocenters. The molecule has 1 spiro atoms. The summed E-state index contributed by atoms with van der Waals surface area (Å²) in [6.07, 6.45) is 1.04. The van der Waals surface area contributed by atoms with Crippen LogP contribution in [-0.2, 0) is 44.1 Å². The number of methoxy groups -OCH3 is 1. The van der Waals surface area contributed by atoms with Crippen molar-refractivity contribution in [3.8, 4) is 5.75 Å². The number of amides is 3. The molecule has 0 radical (unpaired) electrons. The Morgan fingerprint density at radius 1 is 0.810 bits per heavy atom. The summed E-state index contributed by atoms with van der Waals surface area (Å²) < 4.78 is 13.0. The van der Waals surface area contributed by atoms with Crippen LogP contribution in [0.4, 0.5) is 22.7 Å². The van der Waals surface area contributed by atoms with Gasteiger partial charge in [0, 0.05) is 35.8 Å². The molecule has 5 aromatic rings. The summed E-state index contributed by atoms with van der Waals surface area (Å²) in [4.78, 5) is 49.5. The zero-order chi connectivity index (χ0) is 40.3. The number of aryl methyl sites for hydroxylation is 1. The minimum atomic E-state index is -2.59. The molecule has 9 rings (SSSR count). The molecule has 4 heterocycles. The molecule has 9 nitrogen and oxygen atoms in total. The SMILES string of the molecule is COc1ccc([Si](C)(C)[C@H]2[C@H](CC(=O)N3Cc4ccccc4C[C@H]3CO)O[C@@]3(C(=O)N(c4ccccc4)c4ccc(N5C(=O)CCc6ccccc65)cc43)[C@@H]2C)cc1. The Morgan fingerprint density at radius 2 is 1.50 bits per heavy atom. The monoisotopic (exact) mass is 791 g/mol. The number of carbonyl (C=O) groups is 3. The van der Waals surface area contributed by atoms with Crippen LogP contribution in [0.5, 0.6) is 5.75 Å². The standard InChI is InChI=1S/C48H49N3O6Si/c1-31-46(58(3,4)39-22-20-38(56-2)21-23-39)43(28-45(54)49-29-34-14-9-8-13-33(34)26-37(49)30-52)57-48(31)40-27-36(50-41-17-11-10-12-32(41)18-25-44(50)53)19-24-42(40)51(47(48)55)35-15-6-5-7-16-35/h5-17,19-24,27,31,37,43,46,52H,18,25-26,28-30H2,1-4H3/t31-,37+,43+,46-,48+/m1/s1. The van der Waals surface area contributed by atoms with Gasteiger partial charge in [-0.05, 0) is 83.6 Å². The molecule has 1 N–H and O–H groups in total. The number of hydrogen-bond donors (Lipinski definition) is 1. The molecule has 4 aliphatic heterocycles. The maximum absolute atomic E-state index is 15.6. The summed E-state index contributed by atoms with van der Waals surface area (Å²) in [5.74, 6) is 0.0656. The van der Waals surface area contributed by atoms with Gasteiger partial charge in [-0.3, -0.25) is 24.2 Å². The highest BCUT2D eigenvalue weighted by molar-refractivity contribution is 6.91. The van der Waals surface area contributed by atoms with Crippen LogP contribution < -0.4 is 19.7 Å². The second-order valence-electron chi connectivity index (χ2n) is 16.7. The van der Waals surface area contributed by atoms with Crippen LogP contribution in [0.15, 0.2) is 121 Å². The van der Waals surface area contributed by atoms with E-state index in [2.05, 4.69) is 44.3 Å². The summed E-state index contributed by atoms with van der Waals surface area (Å²) in [7, 11) is -0.940. The lowest BCUT2D eigenvalue weighted by Crippen LogP contribution is -2.52. The molecule has 0 aliphatic carbocycles. The number of hydrogen-bond acceptors (Lipinski definition) is 6. The van der Waals surface area contributed by atoms with E-state index in [1.165, 1.54) is 5.19 Å². The quantitative estimate of drug-likeness (QED) is 0.163. The number of nitrogens with zero attached hydrogens (tertiary/aromatic N) is 3. The zero-order valence-corrected chi connectivity index (χ0v) is 34.4. The van der Waals surface area contributed by atoms with Crippen LogP contribution >= 0.6 is 0 Å². The number of para-hydroxylation sites is 2. The maximum Gasteiger partial charge on any atom is 0.268 e. The minimum Gasteiger partial charge on any atom is -0.497 e. The Hall–Kier alpha value is -5.55. The lowest BCUT2D eigenvalue weighted by atomic mass is 9.82. The lowest BCUT2D eigenvalue weighted by Gasteiger charge is -2.39. The number of anilines is 4. The van der Waals surface area contributed by atoms with Crippen LogP contribution in [0, 0.1) is 5.92 Å². The van der Waals surface area contributed by atoms with Crippen molar-refractivity contribution >= 4 is 53.7 Å². The Kier molecular flexibility index (Phi) is 9.61. The number of benzene rings is 5. The van der Waals surface area contributed by atoms with Gasteiger partial charge in [0.1, 0.15) is 5.75 Å². The van der Waals surface area contributed by atoms with Crippen molar-refractivity contribution in [2.24, 2.45) is 5.92 Å². The van der Waals surface area contributed by atoms with Gasteiger partial charge in [-0.15, -0.1) is 0 Å². The van der Waals surface area contributed by atoms with Gasteiger partial charge in [-0.1, -0.05) is 98.0 Å². The van der Waals surface area contributed by atoms with Crippen molar-refractivity contribution in [1.29, 1.82) is 0 Å². The second-order valence-corrected chi connectivity index (χ2v) is 21.4. The number of carbonyl (C=O) groups excluding carboxylic acids is 3. The molecule has 5 atom stereocenters. The first-order valence-electron chi connectivity index (χ1n) is 20.3. The number of fused-ring (bicyclic) bond motifs is 4. The van der Waals surface area contributed by atoms with Crippen molar-refractivity contribution < 1.29 is 29.0 Å². The number of rotatable bonds is 8. The van der Waals surface area contributed by atoms with Gasteiger partial charge in [-0.25, -0.2) is 0 Å². The fourth-order valence-electron chi connectivity index (χ4n) is 10.4. The summed E-state index contributed by atoms with van der Waals surface area (Å²) in [5.41, 5.74) is 5.28. The van der Waals surface area contributed by atoms with E-state index in [1.807, 2.05) is 97.1 Å². The van der Waals surface area contributed by atoms with Crippen LogP contribution in [0.1, 0.15) is 42.0 Å². The predicted octanol–water partition coefficient (Wildman–Crippen LogP) is 7.54. The summed E-state index contributed by atoms with van der Waals surface area (Å²) in [6, 6.07) is 39.4. The van der Waals surface area contributed by atoms with Gasteiger partial charge in [0.05, 0.1) is 51.7 Å². The van der Waals surface area contributed by atoms with Crippen LogP contribution in [-0.4, -0.2) is 61.7 Å². The summed E-state index contributed by atoms with van der Waals surface area (Å²) in [5, 5.41) is 11.7. The molecule has 4 aliphatic rings. The van der Waals surface area contributed by atoms with Gasteiger partial charge < -0.3 is 19.5 Å². The highest BCUT2D eigenvalue weighted by Gasteiger charge is 2.67. The summed E-state index contributed by atoms with van der Waals surface area (Å²) >= 11 is 0. The topological polar surface area (TPSA) is 99.6 Å². The average molecular weight is 792 g/mol. The maximum atomic E-state index is 15.6. The van der Waals surface area contributed by atoms with Crippen LogP contribution in [0.2, 0.25) is 18.6 Å². The molecule has 0 bridgehead atoms. The molecule has 5 aromatic carbocycles. The van der Waals surface area contributed by atoms with Crippen LogP contribution in [0.3, 0.4) is 0 Å². The smallest absolute Gasteiger partial charge is 0.268 e. The van der Waals surface area contributed by atoms with Gasteiger partial charge in [0.15, 0.2) is 5.60 Å². The van der Waals surface area contributed by atoms with Gasteiger partial charge in [0.2, 0.25) is 11.8 Å². The van der Waals surface area contributed by atoms with E-state index in [-0.39, 0.29) is 48.3 Å². The molecule has 1 fully saturated rings. The third-order valence-corrected chi connectivity index (χ3v) is 17.7. The fraction of sp³-hybridized carbons (Fsp3) is 0.312. The van der Waals surface area contributed by atoms with E-state index in [1.54, 1.807) is 21.8 Å². The minimum absolute atomic E-state index is 0.00623. The highest BCUT2D eigenvalue weighted by atomic mass is 28.3. The molecular formula is C48H49N3O6Si. The van der Waals surface area contributed by atoms with Gasteiger partial charge >= 0.3 is 0 Å². The fourth-order valence-corrected chi connectivity index (χ4v) is 14.5. The lowest BCUT2D eigenvalue weighted by molar-refractivity contribution is -0.150. The first-order valence-corrected chi connectivity index (χ1v) is 23.4. The molecule has 10 heteroatoms. The molecule has 3 amide bonds. The number of ether oxygens (including phenoxy) is 2. The van der Waals surface area contributed by atoms with Crippen molar-refractivity contribution in [2.45, 2.75) is 75.5 Å².